The molecule has 0 N–H and O–H groups in total. The molecule has 0 fully saturated rings. The van der Waals surface area contributed by atoms with E-state index >= 15 is 0 Å². The number of pyridine rings is 1. The standard InChI is InChI=1S/C21H20N2O/c1-23(14-15-8-3-2-4-9-15)21(24)20-16-10-5-6-12-18(16)22-19-13-7-11-17(19)20/h2-6,8-10,12H,7,11,13-14H2,1H3. The van der Waals surface area contributed by atoms with Gasteiger partial charge in [-0.15, -0.1) is 0 Å². The molecule has 0 atom stereocenters. The number of fused-ring (bicyclic) bond motifs is 2. The number of aromatic nitrogens is 1. The molecular formula is C21H20N2O. The van der Waals surface area contributed by atoms with E-state index in [9.17, 15) is 4.79 Å². The van der Waals surface area contributed by atoms with Crippen LogP contribution in [0.15, 0.2) is 54.6 Å². The highest BCUT2D eigenvalue weighted by Gasteiger charge is 2.25. The van der Waals surface area contributed by atoms with Crippen LogP contribution in [0.5, 0.6) is 0 Å². The van der Waals surface area contributed by atoms with Crippen LogP contribution in [-0.2, 0) is 19.4 Å². The van der Waals surface area contributed by atoms with Crippen LogP contribution < -0.4 is 0 Å². The second kappa shape index (κ2) is 6.08. The first-order valence-electron chi connectivity index (χ1n) is 8.44. The molecule has 0 saturated carbocycles. The number of aryl methyl sites for hydroxylation is 1. The second-order valence-electron chi connectivity index (χ2n) is 6.43. The van der Waals surface area contributed by atoms with E-state index in [0.717, 1.165) is 52.5 Å². The summed E-state index contributed by atoms with van der Waals surface area (Å²) >= 11 is 0. The lowest BCUT2D eigenvalue weighted by Crippen LogP contribution is -2.27. The Kier molecular flexibility index (Phi) is 3.77. The maximum absolute atomic E-state index is 13.2. The normalized spacial score (nSPS) is 13.0. The minimum absolute atomic E-state index is 0.0932. The first kappa shape index (κ1) is 14.9. The maximum Gasteiger partial charge on any atom is 0.254 e. The fraction of sp³-hybridized carbons (Fsp3) is 0.238. The molecule has 3 heteroatoms. The molecular weight excluding hydrogens is 296 g/mol. The summed E-state index contributed by atoms with van der Waals surface area (Å²) < 4.78 is 0. The molecule has 0 unspecified atom stereocenters. The van der Waals surface area contributed by atoms with Crippen LogP contribution in [0, 0.1) is 0 Å². The Morgan fingerprint density at radius 2 is 1.79 bits per heavy atom. The van der Waals surface area contributed by atoms with E-state index in [1.165, 1.54) is 0 Å². The molecule has 1 aliphatic rings. The molecule has 4 rings (SSSR count). The predicted octanol–water partition coefficient (Wildman–Crippen LogP) is 4.00. The third kappa shape index (κ3) is 2.56. The number of nitrogens with zero attached hydrogens (tertiary/aromatic N) is 2. The van der Waals surface area contributed by atoms with Crippen molar-refractivity contribution in [3.63, 3.8) is 0 Å². The molecule has 0 bridgehead atoms. The van der Waals surface area contributed by atoms with Gasteiger partial charge in [0.15, 0.2) is 0 Å². The fourth-order valence-corrected chi connectivity index (χ4v) is 3.58. The third-order valence-electron chi connectivity index (χ3n) is 4.74. The summed E-state index contributed by atoms with van der Waals surface area (Å²) in [5.74, 6) is 0.0932. The molecule has 0 aliphatic heterocycles. The van der Waals surface area contributed by atoms with Crippen molar-refractivity contribution in [1.82, 2.24) is 9.88 Å². The van der Waals surface area contributed by atoms with Crippen LogP contribution in [0.2, 0.25) is 0 Å². The zero-order chi connectivity index (χ0) is 16.5. The minimum Gasteiger partial charge on any atom is -0.337 e. The highest BCUT2D eigenvalue weighted by Crippen LogP contribution is 2.30. The molecule has 1 aliphatic carbocycles. The van der Waals surface area contributed by atoms with Crippen LogP contribution in [0.25, 0.3) is 10.9 Å². The van der Waals surface area contributed by atoms with Crippen LogP contribution in [0.3, 0.4) is 0 Å². The van der Waals surface area contributed by atoms with Gasteiger partial charge in [0.2, 0.25) is 0 Å². The lowest BCUT2D eigenvalue weighted by molar-refractivity contribution is 0.0786. The Balaban J connectivity index is 1.76. The Bertz CT molecular complexity index is 902. The zero-order valence-electron chi connectivity index (χ0n) is 13.8. The average molecular weight is 316 g/mol. The van der Waals surface area contributed by atoms with Crippen molar-refractivity contribution < 1.29 is 4.79 Å². The van der Waals surface area contributed by atoms with E-state index in [-0.39, 0.29) is 5.91 Å². The van der Waals surface area contributed by atoms with Crippen LogP contribution >= 0.6 is 0 Å². The molecule has 3 nitrogen and oxygen atoms in total. The summed E-state index contributed by atoms with van der Waals surface area (Å²) in [7, 11) is 1.88. The van der Waals surface area contributed by atoms with Gasteiger partial charge in [-0.3, -0.25) is 9.78 Å². The van der Waals surface area contributed by atoms with E-state index in [4.69, 9.17) is 4.98 Å². The summed E-state index contributed by atoms with van der Waals surface area (Å²) in [6, 6.07) is 18.1. The fourth-order valence-electron chi connectivity index (χ4n) is 3.58. The van der Waals surface area contributed by atoms with Crippen molar-refractivity contribution >= 4 is 16.8 Å². The molecule has 24 heavy (non-hydrogen) atoms. The van der Waals surface area contributed by atoms with Gasteiger partial charge in [0.05, 0.1) is 11.1 Å². The largest absolute Gasteiger partial charge is 0.337 e. The zero-order valence-corrected chi connectivity index (χ0v) is 13.8. The first-order valence-corrected chi connectivity index (χ1v) is 8.44. The summed E-state index contributed by atoms with van der Waals surface area (Å²) in [4.78, 5) is 19.8. The van der Waals surface area contributed by atoms with E-state index in [1.54, 1.807) is 0 Å². The predicted molar refractivity (Wildman–Crippen MR) is 96.0 cm³/mol. The van der Waals surface area contributed by atoms with Gasteiger partial charge in [-0.2, -0.15) is 0 Å². The highest BCUT2D eigenvalue weighted by molar-refractivity contribution is 6.07. The number of benzene rings is 2. The topological polar surface area (TPSA) is 33.2 Å². The van der Waals surface area contributed by atoms with E-state index in [2.05, 4.69) is 12.1 Å². The number of carbonyl (C=O) groups excluding carboxylic acids is 1. The summed E-state index contributed by atoms with van der Waals surface area (Å²) in [6.07, 6.45) is 3.01. The lowest BCUT2D eigenvalue weighted by Gasteiger charge is -2.20. The van der Waals surface area contributed by atoms with E-state index in [0.29, 0.717) is 6.54 Å². The molecule has 1 aromatic heterocycles. The summed E-state index contributed by atoms with van der Waals surface area (Å²) in [5, 5.41) is 0.975. The van der Waals surface area contributed by atoms with Crippen molar-refractivity contribution in [2.45, 2.75) is 25.8 Å². The van der Waals surface area contributed by atoms with Crippen LogP contribution in [-0.4, -0.2) is 22.8 Å². The van der Waals surface area contributed by atoms with Gasteiger partial charge in [0, 0.05) is 24.7 Å². The van der Waals surface area contributed by atoms with Crippen LogP contribution in [0.4, 0.5) is 0 Å². The van der Waals surface area contributed by atoms with Gasteiger partial charge in [-0.1, -0.05) is 48.5 Å². The molecule has 1 heterocycles. The molecule has 0 radical (unpaired) electrons. The number of hydrogen-bond donors (Lipinski definition) is 0. The Morgan fingerprint density at radius 1 is 1.04 bits per heavy atom. The summed E-state index contributed by atoms with van der Waals surface area (Å²) in [6.45, 7) is 0.616. The van der Waals surface area contributed by atoms with Crippen molar-refractivity contribution in [3.8, 4) is 0 Å². The minimum atomic E-state index is 0.0932. The molecule has 0 saturated heterocycles. The highest BCUT2D eigenvalue weighted by atomic mass is 16.2. The molecule has 3 aromatic rings. The third-order valence-corrected chi connectivity index (χ3v) is 4.74. The summed E-state index contributed by atoms with van der Waals surface area (Å²) in [5.41, 5.74) is 5.17. The van der Waals surface area contributed by atoms with E-state index < -0.39 is 0 Å². The van der Waals surface area contributed by atoms with Gasteiger partial charge in [0.1, 0.15) is 0 Å². The Hall–Kier alpha value is -2.68. The molecule has 120 valence electrons. The lowest BCUT2D eigenvalue weighted by atomic mass is 10.00. The number of rotatable bonds is 3. The van der Waals surface area contributed by atoms with Gasteiger partial charge in [-0.05, 0) is 36.5 Å². The monoisotopic (exact) mass is 316 g/mol. The molecule has 1 amide bonds. The molecule has 2 aromatic carbocycles. The second-order valence-corrected chi connectivity index (χ2v) is 6.43. The first-order chi connectivity index (χ1) is 11.7. The van der Waals surface area contributed by atoms with E-state index in [1.807, 2.05) is 54.4 Å². The van der Waals surface area contributed by atoms with Gasteiger partial charge in [0.25, 0.3) is 5.91 Å². The number of amides is 1. The molecule has 0 spiro atoms. The number of para-hydroxylation sites is 1. The smallest absolute Gasteiger partial charge is 0.254 e. The quantitative estimate of drug-likeness (QED) is 0.732. The van der Waals surface area contributed by atoms with Crippen molar-refractivity contribution in [2.75, 3.05) is 7.05 Å². The average Bonchev–Trinajstić information content (AvgIpc) is 3.07. The van der Waals surface area contributed by atoms with Crippen molar-refractivity contribution in [1.29, 1.82) is 0 Å². The number of carbonyl (C=O) groups is 1. The Morgan fingerprint density at radius 3 is 2.62 bits per heavy atom. The number of hydrogen-bond acceptors (Lipinski definition) is 2. The van der Waals surface area contributed by atoms with Crippen LogP contribution in [0.1, 0.15) is 33.6 Å². The maximum atomic E-state index is 13.2. The SMILES string of the molecule is CN(Cc1ccccc1)C(=O)c1c2c(nc3ccccc13)CCC2. The van der Waals surface area contributed by atoms with Gasteiger partial charge < -0.3 is 4.90 Å². The van der Waals surface area contributed by atoms with Gasteiger partial charge >= 0.3 is 0 Å². The van der Waals surface area contributed by atoms with Gasteiger partial charge in [-0.25, -0.2) is 0 Å². The van der Waals surface area contributed by atoms with Crippen molar-refractivity contribution in [3.05, 3.63) is 77.0 Å². The van der Waals surface area contributed by atoms with Crippen molar-refractivity contribution in [2.24, 2.45) is 0 Å². The Labute approximate surface area is 141 Å².